The first-order chi connectivity index (χ1) is 12.5. The summed E-state index contributed by atoms with van der Waals surface area (Å²) in [4.78, 5) is 12.4. The van der Waals surface area contributed by atoms with Gasteiger partial charge in [-0.25, -0.2) is 0 Å². The van der Waals surface area contributed by atoms with Crippen LogP contribution in [0, 0.1) is 0 Å². The van der Waals surface area contributed by atoms with Crippen molar-refractivity contribution < 1.29 is 4.79 Å². The molecule has 0 spiro atoms. The lowest BCUT2D eigenvalue weighted by atomic mass is 10.0. The second kappa shape index (κ2) is 9.97. The summed E-state index contributed by atoms with van der Waals surface area (Å²) in [6.45, 7) is 10.0. The van der Waals surface area contributed by atoms with E-state index >= 15 is 0 Å². The van der Waals surface area contributed by atoms with Crippen LogP contribution >= 0.6 is 0 Å². The Bertz CT molecular complexity index is 729. The van der Waals surface area contributed by atoms with Gasteiger partial charge in [-0.3, -0.25) is 4.79 Å². The molecule has 1 amide bonds. The van der Waals surface area contributed by atoms with Crippen molar-refractivity contribution in [3.63, 3.8) is 0 Å². The molecule has 0 radical (unpaired) electrons. The Kier molecular flexibility index (Phi) is 7.67. The first-order valence-corrected chi connectivity index (χ1v) is 9.37. The Labute approximate surface area is 157 Å². The molecule has 0 saturated heterocycles. The van der Waals surface area contributed by atoms with Gasteiger partial charge in [-0.05, 0) is 75.9 Å². The number of benzene rings is 1. The van der Waals surface area contributed by atoms with Gasteiger partial charge >= 0.3 is 0 Å². The highest BCUT2D eigenvalue weighted by molar-refractivity contribution is 5.91. The Morgan fingerprint density at radius 3 is 2.69 bits per heavy atom. The molecule has 1 aliphatic heterocycles. The monoisotopic (exact) mass is 353 g/mol. The van der Waals surface area contributed by atoms with Crippen molar-refractivity contribution in [2.75, 3.05) is 11.9 Å². The summed E-state index contributed by atoms with van der Waals surface area (Å²) in [5.41, 5.74) is 6.98. The number of carbonyl (C=O) groups excluding carboxylic acids is 1. The van der Waals surface area contributed by atoms with E-state index in [1.165, 1.54) is 16.7 Å². The molecule has 1 aromatic carbocycles. The zero-order valence-corrected chi connectivity index (χ0v) is 16.4. The first kappa shape index (κ1) is 20.0. The minimum absolute atomic E-state index is 0.0475. The summed E-state index contributed by atoms with van der Waals surface area (Å²) in [5, 5.41) is 9.68. The molecule has 1 aliphatic rings. The molecule has 0 aliphatic carbocycles. The molecule has 1 aromatic rings. The van der Waals surface area contributed by atoms with Crippen LogP contribution in [-0.4, -0.2) is 12.5 Å². The van der Waals surface area contributed by atoms with Crippen LogP contribution in [0.5, 0.6) is 0 Å². The zero-order chi connectivity index (χ0) is 18.9. The molecule has 3 N–H and O–H groups in total. The number of carbonyl (C=O) groups is 1. The van der Waals surface area contributed by atoms with Gasteiger partial charge in [0, 0.05) is 30.5 Å². The third-order valence-electron chi connectivity index (χ3n) is 4.84. The van der Waals surface area contributed by atoms with Gasteiger partial charge in [-0.15, -0.1) is 0 Å². The Hall–Kier alpha value is -2.33. The molecular formula is C22H31N3O. The number of allylic oxidation sites excluding steroid dienone is 5. The molecule has 0 atom stereocenters. The lowest BCUT2D eigenvalue weighted by Crippen LogP contribution is -2.23. The molecule has 2 rings (SSSR count). The van der Waals surface area contributed by atoms with Crippen molar-refractivity contribution in [1.29, 1.82) is 0 Å². The summed E-state index contributed by atoms with van der Waals surface area (Å²) in [7, 11) is 0. The number of anilines is 1. The van der Waals surface area contributed by atoms with Crippen LogP contribution in [0.1, 0.15) is 51.7 Å². The molecule has 4 heteroatoms. The lowest BCUT2D eigenvalue weighted by molar-refractivity contribution is -0.116. The fourth-order valence-corrected chi connectivity index (χ4v) is 2.88. The second-order valence-corrected chi connectivity index (χ2v) is 6.72. The maximum atomic E-state index is 12.4. The van der Waals surface area contributed by atoms with E-state index in [2.05, 4.69) is 41.1 Å². The van der Waals surface area contributed by atoms with Crippen LogP contribution in [0.25, 0.3) is 0 Å². The largest absolute Gasteiger partial charge is 0.365 e. The highest BCUT2D eigenvalue weighted by Crippen LogP contribution is 2.20. The van der Waals surface area contributed by atoms with Crippen LogP contribution in [-0.2, 0) is 17.8 Å². The lowest BCUT2D eigenvalue weighted by Gasteiger charge is -2.18. The summed E-state index contributed by atoms with van der Waals surface area (Å²) in [6, 6.07) is 6.22. The molecule has 0 fully saturated rings. The maximum Gasteiger partial charge on any atom is 0.224 e. The third-order valence-corrected chi connectivity index (χ3v) is 4.84. The molecule has 0 bridgehead atoms. The number of nitrogens with one attached hydrogen (secondary N) is 3. The number of fused-ring (bicyclic) bond motifs is 1. The number of hydrogen-bond donors (Lipinski definition) is 3. The Balaban J connectivity index is 1.95. The van der Waals surface area contributed by atoms with E-state index < -0.39 is 0 Å². The van der Waals surface area contributed by atoms with E-state index in [0.29, 0.717) is 12.8 Å². The van der Waals surface area contributed by atoms with Crippen LogP contribution in [0.2, 0.25) is 0 Å². The van der Waals surface area contributed by atoms with Crippen LogP contribution < -0.4 is 16.0 Å². The molecule has 1 heterocycles. The molecular weight excluding hydrogens is 322 g/mol. The topological polar surface area (TPSA) is 53.2 Å². The summed E-state index contributed by atoms with van der Waals surface area (Å²) >= 11 is 0. The van der Waals surface area contributed by atoms with Crippen molar-refractivity contribution in [3.8, 4) is 0 Å². The number of rotatable bonds is 7. The maximum absolute atomic E-state index is 12.4. The van der Waals surface area contributed by atoms with Crippen LogP contribution in [0.4, 0.5) is 5.69 Å². The standard InChI is InChI=1S/C22H31N3O/c1-5-16(3)19(15-24-17(4)6-2)8-10-22(26)25-21-9-7-18-11-12-23-14-20(18)13-21/h5-7,9,13,15,23-24H,8,10-12,14H2,1-4H3,(H,25,26)/b16-5+,17-6+,19-15-. The Morgan fingerprint density at radius 2 is 1.96 bits per heavy atom. The summed E-state index contributed by atoms with van der Waals surface area (Å²) < 4.78 is 0. The van der Waals surface area contributed by atoms with Gasteiger partial charge in [0.05, 0.1) is 0 Å². The van der Waals surface area contributed by atoms with Crippen molar-refractivity contribution in [3.05, 3.63) is 64.5 Å². The van der Waals surface area contributed by atoms with E-state index in [0.717, 1.165) is 36.5 Å². The fourth-order valence-electron chi connectivity index (χ4n) is 2.88. The van der Waals surface area contributed by atoms with E-state index in [9.17, 15) is 4.79 Å². The van der Waals surface area contributed by atoms with Gasteiger partial charge < -0.3 is 16.0 Å². The smallest absolute Gasteiger partial charge is 0.224 e. The zero-order valence-electron chi connectivity index (χ0n) is 16.4. The van der Waals surface area contributed by atoms with Crippen LogP contribution in [0.15, 0.2) is 53.4 Å². The summed E-state index contributed by atoms with van der Waals surface area (Å²) in [5.74, 6) is 0.0475. The third kappa shape index (κ3) is 5.88. The number of amides is 1. The highest BCUT2D eigenvalue weighted by atomic mass is 16.1. The average Bonchev–Trinajstić information content (AvgIpc) is 2.67. The molecule has 0 unspecified atom stereocenters. The molecule has 140 valence electrons. The normalized spacial score (nSPS) is 15.5. The van der Waals surface area contributed by atoms with Crippen molar-refractivity contribution >= 4 is 11.6 Å². The molecule has 4 nitrogen and oxygen atoms in total. The van der Waals surface area contributed by atoms with E-state index in [-0.39, 0.29) is 5.91 Å². The SMILES string of the molecule is C/C=C(\C)N/C=C(CCC(=O)Nc1ccc2c(c1)CNCC2)\C(C)=C\C. The summed E-state index contributed by atoms with van der Waals surface area (Å²) in [6.07, 6.45) is 8.33. The first-order valence-electron chi connectivity index (χ1n) is 9.37. The quantitative estimate of drug-likeness (QED) is 0.636. The van der Waals surface area contributed by atoms with Crippen molar-refractivity contribution in [1.82, 2.24) is 10.6 Å². The van der Waals surface area contributed by atoms with Gasteiger partial charge in [0.2, 0.25) is 5.91 Å². The minimum atomic E-state index is 0.0475. The van der Waals surface area contributed by atoms with Gasteiger partial charge in [0.25, 0.3) is 0 Å². The highest BCUT2D eigenvalue weighted by Gasteiger charge is 2.11. The van der Waals surface area contributed by atoms with Crippen LogP contribution in [0.3, 0.4) is 0 Å². The van der Waals surface area contributed by atoms with E-state index in [4.69, 9.17) is 0 Å². The fraction of sp³-hybridized carbons (Fsp3) is 0.409. The molecule has 0 aromatic heterocycles. The predicted octanol–water partition coefficient (Wildman–Crippen LogP) is 4.41. The van der Waals surface area contributed by atoms with Crippen molar-refractivity contribution in [2.45, 2.75) is 53.5 Å². The second-order valence-electron chi connectivity index (χ2n) is 6.72. The Morgan fingerprint density at radius 1 is 1.15 bits per heavy atom. The van der Waals surface area contributed by atoms with Gasteiger partial charge in [-0.1, -0.05) is 23.8 Å². The predicted molar refractivity (Wildman–Crippen MR) is 110 cm³/mol. The van der Waals surface area contributed by atoms with Gasteiger partial charge in [-0.2, -0.15) is 0 Å². The van der Waals surface area contributed by atoms with Gasteiger partial charge in [0.1, 0.15) is 0 Å². The molecule has 26 heavy (non-hydrogen) atoms. The average molecular weight is 354 g/mol. The minimum Gasteiger partial charge on any atom is -0.365 e. The van der Waals surface area contributed by atoms with E-state index in [1.54, 1.807) is 0 Å². The van der Waals surface area contributed by atoms with E-state index in [1.807, 2.05) is 39.1 Å². The van der Waals surface area contributed by atoms with Crippen molar-refractivity contribution in [2.24, 2.45) is 0 Å². The molecule has 0 saturated carbocycles. The van der Waals surface area contributed by atoms with Gasteiger partial charge in [0.15, 0.2) is 0 Å². The number of hydrogen-bond acceptors (Lipinski definition) is 3.